The number of hydrogen-bond donors (Lipinski definition) is 1. The Hall–Kier alpha value is -1.36. The Morgan fingerprint density at radius 2 is 2.35 bits per heavy atom. The van der Waals surface area contributed by atoms with Gasteiger partial charge in [-0.05, 0) is 33.2 Å². The third kappa shape index (κ3) is 4.07. The molecule has 0 amide bonds. The predicted octanol–water partition coefficient (Wildman–Crippen LogP) is 2.50. The molecule has 20 heavy (non-hydrogen) atoms. The first kappa shape index (κ1) is 15.0. The fourth-order valence-electron chi connectivity index (χ4n) is 2.91. The second-order valence-corrected chi connectivity index (χ2v) is 5.80. The molecule has 1 atom stereocenters. The second kappa shape index (κ2) is 6.88. The summed E-state index contributed by atoms with van der Waals surface area (Å²) in [5, 5.41) is 8.67. The average molecular weight is 280 g/mol. The summed E-state index contributed by atoms with van der Waals surface area (Å²) in [6.45, 7) is 5.60. The van der Waals surface area contributed by atoms with Gasteiger partial charge in [0.1, 0.15) is 5.76 Å². The molecule has 0 aliphatic carbocycles. The van der Waals surface area contributed by atoms with Crippen molar-refractivity contribution in [3.8, 4) is 0 Å². The zero-order valence-corrected chi connectivity index (χ0v) is 12.3. The molecule has 0 saturated carbocycles. The van der Waals surface area contributed by atoms with Gasteiger partial charge >= 0.3 is 5.97 Å². The van der Waals surface area contributed by atoms with Crippen LogP contribution in [0.25, 0.3) is 0 Å². The highest BCUT2D eigenvalue weighted by Crippen LogP contribution is 2.22. The number of carboxylic acids is 1. The molecular weight excluding hydrogens is 256 g/mol. The van der Waals surface area contributed by atoms with E-state index < -0.39 is 5.97 Å². The van der Waals surface area contributed by atoms with Crippen molar-refractivity contribution in [3.63, 3.8) is 0 Å². The van der Waals surface area contributed by atoms with Gasteiger partial charge in [0, 0.05) is 24.9 Å². The molecule has 2 heterocycles. The summed E-state index contributed by atoms with van der Waals surface area (Å²) in [6.07, 6.45) is 6.72. The summed E-state index contributed by atoms with van der Waals surface area (Å²) in [5.41, 5.74) is 0. The van der Waals surface area contributed by atoms with Gasteiger partial charge in [-0.2, -0.15) is 0 Å². The average Bonchev–Trinajstić information content (AvgIpc) is 2.84. The van der Waals surface area contributed by atoms with Crippen LogP contribution in [0.3, 0.4) is 0 Å². The Kier molecular flexibility index (Phi) is 5.17. The van der Waals surface area contributed by atoms with Gasteiger partial charge < -0.3 is 9.52 Å². The van der Waals surface area contributed by atoms with Crippen molar-refractivity contribution < 1.29 is 14.3 Å². The highest BCUT2D eigenvalue weighted by Gasteiger charge is 2.26. The van der Waals surface area contributed by atoms with E-state index in [4.69, 9.17) is 9.52 Å². The number of aromatic nitrogens is 1. The third-order valence-corrected chi connectivity index (χ3v) is 3.93. The Morgan fingerprint density at radius 3 is 3.05 bits per heavy atom. The molecule has 0 spiro atoms. The number of oxazole rings is 1. The molecule has 5 nitrogen and oxygen atoms in total. The normalized spacial score (nSPS) is 20.4. The van der Waals surface area contributed by atoms with E-state index in [1.54, 1.807) is 6.20 Å². The summed E-state index contributed by atoms with van der Waals surface area (Å²) in [5.74, 6) is 0.610. The first-order valence-corrected chi connectivity index (χ1v) is 7.47. The molecule has 1 aromatic rings. The maximum atomic E-state index is 10.5. The number of likely N-dealkylation sites (tertiary alicyclic amines) is 1. The van der Waals surface area contributed by atoms with Crippen LogP contribution in [0, 0.1) is 0 Å². The Balaban J connectivity index is 1.93. The minimum Gasteiger partial charge on any atom is -0.481 e. The van der Waals surface area contributed by atoms with Crippen LogP contribution in [-0.2, 0) is 17.6 Å². The molecule has 1 aliphatic rings. The smallest absolute Gasteiger partial charge is 0.303 e. The van der Waals surface area contributed by atoms with Crippen LogP contribution in [0.5, 0.6) is 0 Å². The molecule has 1 fully saturated rings. The first-order chi connectivity index (χ1) is 9.56. The van der Waals surface area contributed by atoms with Gasteiger partial charge in [-0.1, -0.05) is 6.42 Å². The summed E-state index contributed by atoms with van der Waals surface area (Å²) in [4.78, 5) is 17.4. The van der Waals surface area contributed by atoms with Gasteiger partial charge in [0.25, 0.3) is 0 Å². The number of nitrogens with zero attached hydrogens (tertiary/aromatic N) is 2. The predicted molar refractivity (Wildman–Crippen MR) is 75.6 cm³/mol. The van der Waals surface area contributed by atoms with E-state index in [0.717, 1.165) is 18.9 Å². The Bertz CT molecular complexity index is 442. The van der Waals surface area contributed by atoms with Crippen molar-refractivity contribution in [1.29, 1.82) is 0 Å². The topological polar surface area (TPSA) is 66.6 Å². The lowest BCUT2D eigenvalue weighted by Crippen LogP contribution is -2.45. The Morgan fingerprint density at radius 1 is 1.55 bits per heavy atom. The van der Waals surface area contributed by atoms with Crippen LogP contribution < -0.4 is 0 Å². The maximum Gasteiger partial charge on any atom is 0.303 e. The molecule has 1 aromatic heterocycles. The summed E-state index contributed by atoms with van der Waals surface area (Å²) >= 11 is 0. The zero-order chi connectivity index (χ0) is 14.5. The van der Waals surface area contributed by atoms with Crippen molar-refractivity contribution >= 4 is 5.97 Å². The van der Waals surface area contributed by atoms with Gasteiger partial charge in [0.2, 0.25) is 0 Å². The van der Waals surface area contributed by atoms with E-state index in [2.05, 4.69) is 23.7 Å². The number of piperidine rings is 1. The van der Waals surface area contributed by atoms with E-state index in [0.29, 0.717) is 24.3 Å². The fourth-order valence-corrected chi connectivity index (χ4v) is 2.91. The van der Waals surface area contributed by atoms with Crippen molar-refractivity contribution in [2.75, 3.05) is 6.54 Å². The largest absolute Gasteiger partial charge is 0.481 e. The molecular formula is C15H24N2O3. The molecule has 1 unspecified atom stereocenters. The standard InChI is InChI=1S/C15H24N2O3/c1-11(2)17-8-4-3-5-12(17)9-14-16-10-13(20-14)6-7-15(18)19/h10-12H,3-9H2,1-2H3,(H,18,19). The van der Waals surface area contributed by atoms with Crippen LogP contribution in [0.15, 0.2) is 10.6 Å². The lowest BCUT2D eigenvalue weighted by Gasteiger charge is -2.38. The van der Waals surface area contributed by atoms with E-state index in [-0.39, 0.29) is 6.42 Å². The third-order valence-electron chi connectivity index (χ3n) is 3.93. The van der Waals surface area contributed by atoms with Crippen molar-refractivity contribution in [3.05, 3.63) is 17.8 Å². The van der Waals surface area contributed by atoms with Crippen LogP contribution in [-0.4, -0.2) is 39.6 Å². The first-order valence-electron chi connectivity index (χ1n) is 7.47. The van der Waals surface area contributed by atoms with Crippen molar-refractivity contribution in [2.24, 2.45) is 0 Å². The minimum atomic E-state index is -0.804. The number of aryl methyl sites for hydroxylation is 1. The second-order valence-electron chi connectivity index (χ2n) is 5.80. The van der Waals surface area contributed by atoms with Gasteiger partial charge in [-0.15, -0.1) is 0 Å². The number of carbonyl (C=O) groups is 1. The quantitative estimate of drug-likeness (QED) is 0.867. The number of rotatable bonds is 6. The van der Waals surface area contributed by atoms with Gasteiger partial charge in [-0.3, -0.25) is 9.69 Å². The lowest BCUT2D eigenvalue weighted by molar-refractivity contribution is -0.137. The molecule has 112 valence electrons. The van der Waals surface area contributed by atoms with Gasteiger partial charge in [-0.25, -0.2) is 4.98 Å². The summed E-state index contributed by atoms with van der Waals surface area (Å²) in [6, 6.07) is 1.04. The van der Waals surface area contributed by atoms with Crippen molar-refractivity contribution in [1.82, 2.24) is 9.88 Å². The summed E-state index contributed by atoms with van der Waals surface area (Å²) < 4.78 is 5.66. The molecule has 2 rings (SSSR count). The molecule has 0 radical (unpaired) electrons. The van der Waals surface area contributed by atoms with E-state index in [1.807, 2.05) is 0 Å². The van der Waals surface area contributed by atoms with Crippen LogP contribution in [0.1, 0.15) is 51.2 Å². The van der Waals surface area contributed by atoms with Crippen LogP contribution in [0.4, 0.5) is 0 Å². The Labute approximate surface area is 120 Å². The molecule has 5 heteroatoms. The number of carboxylic acid groups (broad SMARTS) is 1. The van der Waals surface area contributed by atoms with Crippen LogP contribution >= 0.6 is 0 Å². The molecule has 1 aliphatic heterocycles. The SMILES string of the molecule is CC(C)N1CCCCC1Cc1ncc(CCC(=O)O)o1. The van der Waals surface area contributed by atoms with Crippen LogP contribution in [0.2, 0.25) is 0 Å². The molecule has 0 bridgehead atoms. The molecule has 1 N–H and O–H groups in total. The van der Waals surface area contributed by atoms with E-state index in [9.17, 15) is 4.79 Å². The van der Waals surface area contributed by atoms with Crippen molar-refractivity contribution in [2.45, 2.75) is 64.5 Å². The fraction of sp³-hybridized carbons (Fsp3) is 0.733. The van der Waals surface area contributed by atoms with Gasteiger partial charge in [0.15, 0.2) is 5.89 Å². The van der Waals surface area contributed by atoms with Gasteiger partial charge in [0.05, 0.1) is 12.6 Å². The molecule has 1 saturated heterocycles. The van der Waals surface area contributed by atoms with E-state index in [1.165, 1.54) is 19.3 Å². The lowest BCUT2D eigenvalue weighted by atomic mass is 9.98. The maximum absolute atomic E-state index is 10.5. The number of aliphatic carboxylic acids is 1. The zero-order valence-electron chi connectivity index (χ0n) is 12.3. The number of hydrogen-bond acceptors (Lipinski definition) is 4. The highest BCUT2D eigenvalue weighted by atomic mass is 16.4. The van der Waals surface area contributed by atoms with E-state index >= 15 is 0 Å². The summed E-state index contributed by atoms with van der Waals surface area (Å²) in [7, 11) is 0. The molecule has 0 aromatic carbocycles. The highest BCUT2D eigenvalue weighted by molar-refractivity contribution is 5.66. The minimum absolute atomic E-state index is 0.0934. The monoisotopic (exact) mass is 280 g/mol.